The topological polar surface area (TPSA) is 74.5 Å². The second kappa shape index (κ2) is 10.9. The lowest BCUT2D eigenvalue weighted by Gasteiger charge is -2.18. The standard InChI is InChI=1S/C28H29ClN2O3/c1-19(30-17-27(32)22-8-5-9-24(29)14-22)12-21-10-11-26-23(13-21)15-25(16-28(33)34)31(26)18-20-6-3-2-4-7-20/h2-11,13-15,19,27,30,32H,12,16-18H2,1H3,(H,33,34). The molecule has 0 amide bonds. The number of carboxylic acid groups (broad SMARTS) is 1. The molecular formula is C28H29ClN2O3. The van der Waals surface area contributed by atoms with E-state index in [1.54, 1.807) is 12.1 Å². The minimum absolute atomic E-state index is 0.0177. The molecule has 0 aliphatic rings. The van der Waals surface area contributed by atoms with Crippen LogP contribution in [0.5, 0.6) is 0 Å². The summed E-state index contributed by atoms with van der Waals surface area (Å²) in [4.78, 5) is 11.5. The van der Waals surface area contributed by atoms with Gasteiger partial charge in [-0.15, -0.1) is 0 Å². The zero-order valence-electron chi connectivity index (χ0n) is 19.1. The molecule has 0 bridgehead atoms. The van der Waals surface area contributed by atoms with E-state index in [0.29, 0.717) is 18.1 Å². The second-order valence-electron chi connectivity index (χ2n) is 8.76. The highest BCUT2D eigenvalue weighted by molar-refractivity contribution is 6.30. The van der Waals surface area contributed by atoms with Crippen molar-refractivity contribution in [1.29, 1.82) is 0 Å². The molecule has 3 aromatic carbocycles. The van der Waals surface area contributed by atoms with Gasteiger partial charge >= 0.3 is 5.97 Å². The third-order valence-electron chi connectivity index (χ3n) is 6.00. The van der Waals surface area contributed by atoms with Crippen molar-refractivity contribution in [3.63, 3.8) is 0 Å². The van der Waals surface area contributed by atoms with Gasteiger partial charge in [0.2, 0.25) is 0 Å². The summed E-state index contributed by atoms with van der Waals surface area (Å²) >= 11 is 6.03. The van der Waals surface area contributed by atoms with Crippen LogP contribution in [-0.4, -0.2) is 33.3 Å². The lowest BCUT2D eigenvalue weighted by atomic mass is 10.0. The average Bonchev–Trinajstić information content (AvgIpc) is 3.13. The van der Waals surface area contributed by atoms with Crippen LogP contribution in [0.2, 0.25) is 5.02 Å². The molecule has 2 atom stereocenters. The number of fused-ring (bicyclic) bond motifs is 1. The van der Waals surface area contributed by atoms with Gasteiger partial charge in [0.05, 0.1) is 12.5 Å². The molecule has 0 spiro atoms. The van der Waals surface area contributed by atoms with E-state index in [4.69, 9.17) is 11.6 Å². The van der Waals surface area contributed by atoms with Crippen molar-refractivity contribution in [3.05, 3.63) is 106 Å². The Hall–Kier alpha value is -3.12. The van der Waals surface area contributed by atoms with E-state index in [0.717, 1.165) is 39.7 Å². The van der Waals surface area contributed by atoms with Crippen LogP contribution >= 0.6 is 11.6 Å². The van der Waals surface area contributed by atoms with Crippen molar-refractivity contribution < 1.29 is 15.0 Å². The fourth-order valence-corrected chi connectivity index (χ4v) is 4.53. The molecule has 0 fully saturated rings. The lowest BCUT2D eigenvalue weighted by molar-refractivity contribution is -0.136. The summed E-state index contributed by atoms with van der Waals surface area (Å²) in [7, 11) is 0. The van der Waals surface area contributed by atoms with Gasteiger partial charge in [0.1, 0.15) is 0 Å². The molecule has 0 radical (unpaired) electrons. The van der Waals surface area contributed by atoms with Gasteiger partial charge in [0.25, 0.3) is 0 Å². The van der Waals surface area contributed by atoms with E-state index in [-0.39, 0.29) is 12.5 Å². The van der Waals surface area contributed by atoms with Gasteiger partial charge in [-0.1, -0.05) is 60.1 Å². The SMILES string of the molecule is CC(Cc1ccc2c(c1)cc(CC(=O)O)n2Cc1ccccc1)NCC(O)c1cccc(Cl)c1. The second-order valence-corrected chi connectivity index (χ2v) is 9.19. The Morgan fingerprint density at radius 1 is 1.00 bits per heavy atom. The summed E-state index contributed by atoms with van der Waals surface area (Å²) in [6.45, 7) is 3.15. The molecule has 1 aromatic heterocycles. The molecule has 0 saturated carbocycles. The predicted molar refractivity (Wildman–Crippen MR) is 136 cm³/mol. The molecule has 6 heteroatoms. The summed E-state index contributed by atoms with van der Waals surface area (Å²) in [5.74, 6) is -0.839. The van der Waals surface area contributed by atoms with E-state index < -0.39 is 12.1 Å². The van der Waals surface area contributed by atoms with E-state index in [1.165, 1.54) is 0 Å². The average molecular weight is 477 g/mol. The summed E-state index contributed by atoms with van der Waals surface area (Å²) in [6.07, 6.45) is 0.140. The number of hydrogen-bond donors (Lipinski definition) is 3. The Balaban J connectivity index is 1.47. The molecule has 5 nitrogen and oxygen atoms in total. The number of carbonyl (C=O) groups is 1. The maximum Gasteiger partial charge on any atom is 0.309 e. The number of benzene rings is 3. The molecule has 4 aromatic rings. The van der Waals surface area contributed by atoms with Gasteiger partial charge < -0.3 is 20.1 Å². The molecule has 176 valence electrons. The first-order chi connectivity index (χ1) is 16.4. The third-order valence-corrected chi connectivity index (χ3v) is 6.24. The molecule has 4 rings (SSSR count). The number of aliphatic carboxylic acids is 1. The number of halogens is 1. The van der Waals surface area contributed by atoms with Gasteiger partial charge in [-0.2, -0.15) is 0 Å². The van der Waals surface area contributed by atoms with Gasteiger partial charge in [-0.05, 0) is 60.4 Å². The third kappa shape index (κ3) is 6.06. The summed E-state index contributed by atoms with van der Waals surface area (Å²) in [5.41, 5.74) is 4.90. The quantitative estimate of drug-likeness (QED) is 0.293. The molecule has 3 N–H and O–H groups in total. The van der Waals surface area contributed by atoms with Crippen LogP contribution in [0.3, 0.4) is 0 Å². The number of aliphatic hydroxyl groups excluding tert-OH is 1. The Labute approximate surface area is 204 Å². The highest BCUT2D eigenvalue weighted by Gasteiger charge is 2.14. The zero-order valence-corrected chi connectivity index (χ0v) is 19.9. The minimum Gasteiger partial charge on any atom is -0.481 e. The van der Waals surface area contributed by atoms with Crippen LogP contribution in [0.25, 0.3) is 10.9 Å². The summed E-state index contributed by atoms with van der Waals surface area (Å²) < 4.78 is 2.09. The Kier molecular flexibility index (Phi) is 7.68. The molecule has 1 heterocycles. The number of aliphatic hydroxyl groups is 1. The number of nitrogens with zero attached hydrogens (tertiary/aromatic N) is 1. The number of nitrogens with one attached hydrogen (secondary N) is 1. The Bertz CT molecular complexity index is 1270. The van der Waals surface area contributed by atoms with Crippen LogP contribution in [0.15, 0.2) is 78.9 Å². The number of aromatic nitrogens is 1. The van der Waals surface area contributed by atoms with Crippen molar-refractivity contribution in [2.75, 3.05) is 6.54 Å². The molecule has 0 aliphatic heterocycles. The summed E-state index contributed by atoms with van der Waals surface area (Å²) in [5, 5.41) is 24.9. The van der Waals surface area contributed by atoms with Gasteiger partial charge in [0, 0.05) is 40.8 Å². The Morgan fingerprint density at radius 2 is 1.79 bits per heavy atom. The van der Waals surface area contributed by atoms with Crippen LogP contribution in [0.4, 0.5) is 0 Å². The Morgan fingerprint density at radius 3 is 2.53 bits per heavy atom. The van der Waals surface area contributed by atoms with E-state index >= 15 is 0 Å². The van der Waals surface area contributed by atoms with E-state index in [2.05, 4.69) is 47.1 Å². The normalized spacial score (nSPS) is 13.1. The number of hydrogen-bond acceptors (Lipinski definition) is 3. The monoisotopic (exact) mass is 476 g/mol. The maximum atomic E-state index is 11.5. The molecule has 34 heavy (non-hydrogen) atoms. The van der Waals surface area contributed by atoms with Crippen molar-refractivity contribution in [2.24, 2.45) is 0 Å². The fraction of sp³-hybridized carbons (Fsp3) is 0.250. The first-order valence-electron chi connectivity index (χ1n) is 11.4. The smallest absolute Gasteiger partial charge is 0.309 e. The van der Waals surface area contributed by atoms with Crippen LogP contribution in [0.1, 0.15) is 35.4 Å². The first-order valence-corrected chi connectivity index (χ1v) is 11.8. The highest BCUT2D eigenvalue weighted by atomic mass is 35.5. The van der Waals surface area contributed by atoms with Crippen LogP contribution in [0, 0.1) is 0 Å². The highest BCUT2D eigenvalue weighted by Crippen LogP contribution is 2.24. The molecular weight excluding hydrogens is 448 g/mol. The number of carboxylic acids is 1. The van der Waals surface area contributed by atoms with Crippen LogP contribution in [-0.2, 0) is 24.2 Å². The van der Waals surface area contributed by atoms with Crippen molar-refractivity contribution in [1.82, 2.24) is 9.88 Å². The maximum absolute atomic E-state index is 11.5. The van der Waals surface area contributed by atoms with Gasteiger partial charge in [0.15, 0.2) is 0 Å². The van der Waals surface area contributed by atoms with Crippen molar-refractivity contribution >= 4 is 28.5 Å². The van der Waals surface area contributed by atoms with Gasteiger partial charge in [-0.3, -0.25) is 4.79 Å². The van der Waals surface area contributed by atoms with Crippen molar-refractivity contribution in [3.8, 4) is 0 Å². The van der Waals surface area contributed by atoms with Crippen LogP contribution < -0.4 is 5.32 Å². The molecule has 2 unspecified atom stereocenters. The number of rotatable bonds is 10. The van der Waals surface area contributed by atoms with E-state index in [1.807, 2.05) is 36.4 Å². The first kappa shape index (κ1) is 24.0. The summed E-state index contributed by atoms with van der Waals surface area (Å²) in [6, 6.07) is 25.8. The fourth-order valence-electron chi connectivity index (χ4n) is 4.33. The zero-order chi connectivity index (χ0) is 24.1. The minimum atomic E-state index is -0.839. The lowest BCUT2D eigenvalue weighted by Crippen LogP contribution is -2.32. The van der Waals surface area contributed by atoms with Crippen molar-refractivity contribution in [2.45, 2.75) is 38.5 Å². The largest absolute Gasteiger partial charge is 0.481 e. The molecule has 0 aliphatic carbocycles. The molecule has 0 saturated heterocycles. The van der Waals surface area contributed by atoms with Gasteiger partial charge in [-0.25, -0.2) is 0 Å². The van der Waals surface area contributed by atoms with E-state index in [9.17, 15) is 15.0 Å². The predicted octanol–water partition coefficient (Wildman–Crippen LogP) is 5.22.